The number of likely N-dealkylation sites (tertiary alicyclic amines) is 1. The SMILES string of the molecule is CN1CCC(SC(c2ccccc2)(c2ccccc2)c2ccccc2)CC1. The highest BCUT2D eigenvalue weighted by atomic mass is 32.2. The molecule has 1 fully saturated rings. The normalized spacial score (nSPS) is 16.3. The molecule has 27 heavy (non-hydrogen) atoms. The number of hydrogen-bond acceptors (Lipinski definition) is 2. The van der Waals surface area contributed by atoms with Gasteiger partial charge in [-0.2, -0.15) is 0 Å². The minimum Gasteiger partial charge on any atom is -0.306 e. The van der Waals surface area contributed by atoms with Gasteiger partial charge in [-0.15, -0.1) is 11.8 Å². The molecule has 0 aromatic heterocycles. The molecule has 3 aromatic carbocycles. The summed E-state index contributed by atoms with van der Waals surface area (Å²) in [5, 5.41) is 0.654. The topological polar surface area (TPSA) is 3.24 Å². The highest BCUT2D eigenvalue weighted by molar-refractivity contribution is 8.01. The van der Waals surface area contributed by atoms with Crippen molar-refractivity contribution in [1.82, 2.24) is 4.90 Å². The molecule has 2 heteroatoms. The van der Waals surface area contributed by atoms with E-state index in [0.29, 0.717) is 5.25 Å². The maximum atomic E-state index is 2.45. The Morgan fingerprint density at radius 1 is 0.667 bits per heavy atom. The van der Waals surface area contributed by atoms with Crippen molar-refractivity contribution in [3.8, 4) is 0 Å². The third-order valence-corrected chi connectivity index (χ3v) is 7.42. The second kappa shape index (κ2) is 8.33. The van der Waals surface area contributed by atoms with Crippen LogP contribution >= 0.6 is 11.8 Å². The van der Waals surface area contributed by atoms with Gasteiger partial charge in [0.15, 0.2) is 0 Å². The average molecular weight is 374 g/mol. The van der Waals surface area contributed by atoms with Crippen LogP contribution in [0.1, 0.15) is 29.5 Å². The van der Waals surface area contributed by atoms with Crippen LogP contribution in [0, 0.1) is 0 Å². The second-order valence-corrected chi connectivity index (χ2v) is 8.91. The number of benzene rings is 3. The van der Waals surface area contributed by atoms with Gasteiger partial charge in [0.2, 0.25) is 0 Å². The molecule has 0 bridgehead atoms. The van der Waals surface area contributed by atoms with E-state index in [0.717, 1.165) is 0 Å². The first-order valence-corrected chi connectivity index (χ1v) is 10.7. The monoisotopic (exact) mass is 373 g/mol. The molecule has 0 radical (unpaired) electrons. The Balaban J connectivity index is 1.86. The lowest BCUT2D eigenvalue weighted by Crippen LogP contribution is -2.35. The van der Waals surface area contributed by atoms with Gasteiger partial charge in [0.1, 0.15) is 0 Å². The van der Waals surface area contributed by atoms with Crippen LogP contribution in [0.15, 0.2) is 91.0 Å². The molecular formula is C25H27NS. The zero-order valence-electron chi connectivity index (χ0n) is 15.9. The van der Waals surface area contributed by atoms with E-state index in [1.165, 1.54) is 42.6 Å². The lowest BCUT2D eigenvalue weighted by atomic mass is 9.84. The lowest BCUT2D eigenvalue weighted by molar-refractivity contribution is 0.281. The molecule has 0 spiro atoms. The minimum absolute atomic E-state index is 0.176. The minimum atomic E-state index is -0.176. The van der Waals surface area contributed by atoms with Gasteiger partial charge >= 0.3 is 0 Å². The molecule has 1 heterocycles. The van der Waals surface area contributed by atoms with E-state index in [9.17, 15) is 0 Å². The lowest BCUT2D eigenvalue weighted by Gasteiger charge is -2.40. The Morgan fingerprint density at radius 2 is 1.04 bits per heavy atom. The van der Waals surface area contributed by atoms with Crippen LogP contribution in [0.5, 0.6) is 0 Å². The molecule has 0 N–H and O–H groups in total. The summed E-state index contributed by atoms with van der Waals surface area (Å²) in [4.78, 5) is 2.45. The largest absolute Gasteiger partial charge is 0.306 e. The molecule has 1 saturated heterocycles. The van der Waals surface area contributed by atoms with Gasteiger partial charge in [-0.3, -0.25) is 0 Å². The van der Waals surface area contributed by atoms with Crippen molar-refractivity contribution in [1.29, 1.82) is 0 Å². The Bertz CT molecular complexity index is 727. The van der Waals surface area contributed by atoms with Crippen molar-refractivity contribution in [2.45, 2.75) is 22.8 Å². The van der Waals surface area contributed by atoms with Crippen LogP contribution in [0.3, 0.4) is 0 Å². The highest BCUT2D eigenvalue weighted by Gasteiger charge is 2.39. The van der Waals surface area contributed by atoms with Crippen molar-refractivity contribution < 1.29 is 0 Å². The van der Waals surface area contributed by atoms with Crippen molar-refractivity contribution in [3.63, 3.8) is 0 Å². The van der Waals surface area contributed by atoms with Gasteiger partial charge in [0.25, 0.3) is 0 Å². The van der Waals surface area contributed by atoms with Gasteiger partial charge in [0, 0.05) is 5.25 Å². The van der Waals surface area contributed by atoms with E-state index in [4.69, 9.17) is 0 Å². The molecule has 3 aromatic rings. The molecule has 0 amide bonds. The summed E-state index contributed by atoms with van der Waals surface area (Å²) in [5.74, 6) is 0. The molecule has 0 unspecified atom stereocenters. The van der Waals surface area contributed by atoms with Crippen LogP contribution in [-0.4, -0.2) is 30.3 Å². The summed E-state index contributed by atoms with van der Waals surface area (Å²) in [5.41, 5.74) is 4.10. The third-order valence-electron chi connectivity index (χ3n) is 5.55. The number of nitrogens with zero attached hydrogens (tertiary/aromatic N) is 1. The zero-order chi connectivity index (χ0) is 18.5. The molecule has 0 aliphatic carbocycles. The first-order valence-electron chi connectivity index (χ1n) is 9.82. The summed E-state index contributed by atoms with van der Waals surface area (Å²) >= 11 is 2.15. The first kappa shape index (κ1) is 18.3. The van der Waals surface area contributed by atoms with Crippen LogP contribution in [0.25, 0.3) is 0 Å². The molecule has 1 aliphatic rings. The summed E-state index contributed by atoms with van der Waals surface area (Å²) in [6, 6.07) is 33.1. The number of thioether (sulfide) groups is 1. The Hall–Kier alpha value is -2.03. The van der Waals surface area contributed by atoms with Crippen molar-refractivity contribution in [2.75, 3.05) is 20.1 Å². The van der Waals surface area contributed by atoms with Crippen LogP contribution in [0.2, 0.25) is 0 Å². The maximum absolute atomic E-state index is 2.45. The molecule has 0 atom stereocenters. The summed E-state index contributed by atoms with van der Waals surface area (Å²) in [7, 11) is 2.24. The third kappa shape index (κ3) is 3.83. The fourth-order valence-corrected chi connectivity index (χ4v) is 5.84. The Morgan fingerprint density at radius 3 is 1.41 bits per heavy atom. The standard InChI is InChI=1S/C25H27NS/c1-26-19-17-24(18-20-26)27-25(21-11-5-2-6-12-21,22-13-7-3-8-14-22)23-15-9-4-10-16-23/h2-16,24H,17-20H2,1H3. The second-order valence-electron chi connectivity index (χ2n) is 7.40. The Kier molecular flexibility index (Phi) is 5.66. The first-order chi connectivity index (χ1) is 13.3. The summed E-state index contributed by atoms with van der Waals surface area (Å²) in [6.07, 6.45) is 2.49. The van der Waals surface area contributed by atoms with Crippen LogP contribution < -0.4 is 0 Å². The predicted octanol–water partition coefficient (Wildman–Crippen LogP) is 5.81. The van der Waals surface area contributed by atoms with Crippen molar-refractivity contribution in [2.24, 2.45) is 0 Å². The molecular weight excluding hydrogens is 346 g/mol. The van der Waals surface area contributed by atoms with E-state index >= 15 is 0 Å². The van der Waals surface area contributed by atoms with Gasteiger partial charge in [-0.25, -0.2) is 0 Å². The summed E-state index contributed by atoms with van der Waals surface area (Å²) < 4.78 is -0.176. The number of rotatable bonds is 5. The van der Waals surface area contributed by atoms with Crippen LogP contribution in [0.4, 0.5) is 0 Å². The van der Waals surface area contributed by atoms with Crippen LogP contribution in [-0.2, 0) is 4.75 Å². The van der Waals surface area contributed by atoms with Gasteiger partial charge in [-0.1, -0.05) is 91.0 Å². The van der Waals surface area contributed by atoms with E-state index < -0.39 is 0 Å². The zero-order valence-corrected chi connectivity index (χ0v) is 16.7. The van der Waals surface area contributed by atoms with Gasteiger partial charge in [-0.05, 0) is 49.7 Å². The molecule has 4 rings (SSSR count). The summed E-state index contributed by atoms with van der Waals surface area (Å²) in [6.45, 7) is 2.37. The molecule has 0 saturated carbocycles. The number of piperidine rings is 1. The smallest absolute Gasteiger partial charge is 0.0909 e. The van der Waals surface area contributed by atoms with Crippen molar-refractivity contribution in [3.05, 3.63) is 108 Å². The quantitative estimate of drug-likeness (QED) is 0.520. The van der Waals surface area contributed by atoms with E-state index in [-0.39, 0.29) is 4.75 Å². The van der Waals surface area contributed by atoms with E-state index in [1.807, 2.05) is 0 Å². The van der Waals surface area contributed by atoms with Gasteiger partial charge < -0.3 is 4.90 Å². The molecule has 1 nitrogen and oxygen atoms in total. The predicted molar refractivity (Wildman–Crippen MR) is 117 cm³/mol. The van der Waals surface area contributed by atoms with E-state index in [2.05, 4.69) is 115 Å². The Labute approximate surface area is 167 Å². The molecule has 138 valence electrons. The number of hydrogen-bond donors (Lipinski definition) is 0. The fraction of sp³-hybridized carbons (Fsp3) is 0.280. The van der Waals surface area contributed by atoms with Crippen molar-refractivity contribution >= 4 is 11.8 Å². The fourth-order valence-electron chi connectivity index (χ4n) is 4.08. The highest BCUT2D eigenvalue weighted by Crippen LogP contribution is 2.51. The average Bonchev–Trinajstić information content (AvgIpc) is 2.75. The maximum Gasteiger partial charge on any atom is 0.0909 e. The van der Waals surface area contributed by atoms with E-state index in [1.54, 1.807) is 0 Å². The van der Waals surface area contributed by atoms with Gasteiger partial charge in [0.05, 0.1) is 4.75 Å². The molecule has 1 aliphatic heterocycles.